The average Bonchev–Trinajstić information content (AvgIpc) is 3.37. The van der Waals surface area contributed by atoms with Crippen LogP contribution in [0.3, 0.4) is 0 Å². The topological polar surface area (TPSA) is 49.6 Å². The Hall–Kier alpha value is -2.14. The van der Waals surface area contributed by atoms with E-state index >= 15 is 0 Å². The van der Waals surface area contributed by atoms with Crippen LogP contribution in [0.4, 0.5) is 0 Å². The first-order valence-corrected chi connectivity index (χ1v) is 10.0. The molecule has 0 bridgehead atoms. The van der Waals surface area contributed by atoms with Crippen molar-refractivity contribution in [1.29, 1.82) is 0 Å². The molecule has 1 saturated heterocycles. The Bertz CT molecular complexity index is 704. The standard InChI is InChI=1S/C22H31N3O2/c1-17(2)18(3)25(16-21-7-6-14-27-21)22(26)19-8-9-20(23-15-19)10-13-24-11-4-5-12-24/h6-9,14-15,17-18H,4-5,10-13,16H2,1-3H3/t18-/m0/s1. The second kappa shape index (κ2) is 9.18. The third-order valence-electron chi connectivity index (χ3n) is 5.58. The van der Waals surface area contributed by atoms with E-state index in [1.54, 1.807) is 12.5 Å². The summed E-state index contributed by atoms with van der Waals surface area (Å²) in [5.74, 6) is 1.16. The van der Waals surface area contributed by atoms with E-state index < -0.39 is 0 Å². The Morgan fingerprint density at radius 1 is 1.22 bits per heavy atom. The van der Waals surface area contributed by atoms with Crippen molar-refractivity contribution in [2.45, 2.75) is 52.6 Å². The zero-order chi connectivity index (χ0) is 19.2. The maximum atomic E-state index is 13.1. The molecule has 0 N–H and O–H groups in total. The van der Waals surface area contributed by atoms with Crippen LogP contribution in [0.15, 0.2) is 41.1 Å². The first kappa shape index (κ1) is 19.6. The van der Waals surface area contributed by atoms with Gasteiger partial charge in [-0.2, -0.15) is 0 Å². The van der Waals surface area contributed by atoms with Gasteiger partial charge in [0.2, 0.25) is 0 Å². The summed E-state index contributed by atoms with van der Waals surface area (Å²) in [6.07, 6.45) is 6.92. The monoisotopic (exact) mass is 369 g/mol. The number of amides is 1. The summed E-state index contributed by atoms with van der Waals surface area (Å²) < 4.78 is 5.47. The molecule has 0 aliphatic carbocycles. The Kier molecular flexibility index (Phi) is 6.67. The molecule has 27 heavy (non-hydrogen) atoms. The highest BCUT2D eigenvalue weighted by Gasteiger charge is 2.25. The number of hydrogen-bond acceptors (Lipinski definition) is 4. The van der Waals surface area contributed by atoms with Crippen LogP contribution in [0, 0.1) is 5.92 Å². The Balaban J connectivity index is 1.66. The Morgan fingerprint density at radius 3 is 2.59 bits per heavy atom. The zero-order valence-corrected chi connectivity index (χ0v) is 16.7. The van der Waals surface area contributed by atoms with E-state index in [2.05, 4.69) is 30.7 Å². The van der Waals surface area contributed by atoms with Crippen LogP contribution >= 0.6 is 0 Å². The lowest BCUT2D eigenvalue weighted by Crippen LogP contribution is -2.41. The number of pyridine rings is 1. The lowest BCUT2D eigenvalue weighted by molar-refractivity contribution is 0.0610. The molecule has 3 heterocycles. The largest absolute Gasteiger partial charge is 0.467 e. The summed E-state index contributed by atoms with van der Waals surface area (Å²) in [7, 11) is 0. The molecule has 3 rings (SSSR count). The van der Waals surface area contributed by atoms with E-state index in [1.807, 2.05) is 29.2 Å². The number of nitrogens with zero attached hydrogens (tertiary/aromatic N) is 3. The predicted octanol–water partition coefficient (Wildman–Crippen LogP) is 4.00. The number of rotatable bonds is 8. The summed E-state index contributed by atoms with van der Waals surface area (Å²) >= 11 is 0. The van der Waals surface area contributed by atoms with Gasteiger partial charge in [0.25, 0.3) is 5.91 Å². The van der Waals surface area contributed by atoms with Gasteiger partial charge in [-0.15, -0.1) is 0 Å². The molecular weight excluding hydrogens is 338 g/mol. The van der Waals surface area contributed by atoms with E-state index in [-0.39, 0.29) is 11.9 Å². The summed E-state index contributed by atoms with van der Waals surface area (Å²) in [4.78, 5) is 22.0. The van der Waals surface area contributed by atoms with Crippen LogP contribution in [-0.2, 0) is 13.0 Å². The van der Waals surface area contributed by atoms with Gasteiger partial charge in [-0.25, -0.2) is 0 Å². The molecule has 5 nitrogen and oxygen atoms in total. The number of furan rings is 1. The first-order chi connectivity index (χ1) is 13.0. The summed E-state index contributed by atoms with van der Waals surface area (Å²) in [6.45, 7) is 10.3. The van der Waals surface area contributed by atoms with E-state index in [0.29, 0.717) is 18.0 Å². The highest BCUT2D eigenvalue weighted by atomic mass is 16.3. The van der Waals surface area contributed by atoms with Gasteiger partial charge in [-0.05, 0) is 63.0 Å². The minimum atomic E-state index is 0.00573. The number of carbonyl (C=O) groups is 1. The van der Waals surface area contributed by atoms with Crippen molar-refractivity contribution in [3.63, 3.8) is 0 Å². The van der Waals surface area contributed by atoms with Gasteiger partial charge in [0.15, 0.2) is 0 Å². The normalized spacial score (nSPS) is 16.0. The minimum absolute atomic E-state index is 0.00573. The maximum absolute atomic E-state index is 13.1. The van der Waals surface area contributed by atoms with Gasteiger partial charge in [0.1, 0.15) is 5.76 Å². The van der Waals surface area contributed by atoms with Gasteiger partial charge < -0.3 is 14.2 Å². The second-order valence-electron chi connectivity index (χ2n) is 7.83. The van der Waals surface area contributed by atoms with Crippen LogP contribution in [0.2, 0.25) is 0 Å². The molecule has 1 atom stereocenters. The molecule has 1 aliphatic heterocycles. The van der Waals surface area contributed by atoms with Crippen molar-refractivity contribution in [2.75, 3.05) is 19.6 Å². The molecule has 0 radical (unpaired) electrons. The molecule has 5 heteroatoms. The SMILES string of the molecule is CC(C)[C@H](C)N(Cc1ccco1)C(=O)c1ccc(CCN2CCCC2)nc1. The molecule has 0 saturated carbocycles. The average molecular weight is 370 g/mol. The van der Waals surface area contributed by atoms with Crippen molar-refractivity contribution < 1.29 is 9.21 Å². The predicted molar refractivity (Wildman–Crippen MR) is 106 cm³/mol. The molecular formula is C22H31N3O2. The van der Waals surface area contributed by atoms with Gasteiger partial charge in [-0.1, -0.05) is 13.8 Å². The van der Waals surface area contributed by atoms with Crippen LogP contribution < -0.4 is 0 Å². The zero-order valence-electron chi connectivity index (χ0n) is 16.7. The van der Waals surface area contributed by atoms with Gasteiger partial charge in [-0.3, -0.25) is 9.78 Å². The Labute approximate surface area is 162 Å². The molecule has 1 aliphatic rings. The smallest absolute Gasteiger partial charge is 0.256 e. The molecule has 0 spiro atoms. The number of likely N-dealkylation sites (tertiary alicyclic amines) is 1. The van der Waals surface area contributed by atoms with Crippen molar-refractivity contribution in [2.24, 2.45) is 5.92 Å². The minimum Gasteiger partial charge on any atom is -0.467 e. The van der Waals surface area contributed by atoms with Gasteiger partial charge in [0.05, 0.1) is 18.4 Å². The number of carbonyl (C=O) groups excluding carboxylic acids is 1. The van der Waals surface area contributed by atoms with Crippen molar-refractivity contribution in [3.05, 3.63) is 53.7 Å². The molecule has 2 aromatic heterocycles. The third kappa shape index (κ3) is 5.19. The highest BCUT2D eigenvalue weighted by Crippen LogP contribution is 2.18. The van der Waals surface area contributed by atoms with Crippen molar-refractivity contribution >= 4 is 5.91 Å². The molecule has 0 aromatic carbocycles. The van der Waals surface area contributed by atoms with Gasteiger partial charge >= 0.3 is 0 Å². The van der Waals surface area contributed by atoms with Crippen molar-refractivity contribution in [3.8, 4) is 0 Å². The van der Waals surface area contributed by atoms with Crippen LogP contribution in [-0.4, -0.2) is 46.4 Å². The second-order valence-corrected chi connectivity index (χ2v) is 7.83. The lowest BCUT2D eigenvalue weighted by atomic mass is 10.0. The maximum Gasteiger partial charge on any atom is 0.256 e. The lowest BCUT2D eigenvalue weighted by Gasteiger charge is -2.31. The van der Waals surface area contributed by atoms with E-state index in [1.165, 1.54) is 25.9 Å². The Morgan fingerprint density at radius 2 is 2.00 bits per heavy atom. The fraction of sp³-hybridized carbons (Fsp3) is 0.545. The summed E-state index contributed by atoms with van der Waals surface area (Å²) in [6, 6.07) is 7.78. The summed E-state index contributed by atoms with van der Waals surface area (Å²) in [5, 5.41) is 0. The number of hydrogen-bond donors (Lipinski definition) is 0. The quantitative estimate of drug-likeness (QED) is 0.706. The fourth-order valence-corrected chi connectivity index (χ4v) is 3.47. The van der Waals surface area contributed by atoms with Gasteiger partial charge in [0, 0.05) is 30.9 Å². The van der Waals surface area contributed by atoms with Crippen LogP contribution in [0.5, 0.6) is 0 Å². The van der Waals surface area contributed by atoms with Crippen LogP contribution in [0.1, 0.15) is 55.4 Å². The van der Waals surface area contributed by atoms with E-state index in [4.69, 9.17) is 4.42 Å². The highest BCUT2D eigenvalue weighted by molar-refractivity contribution is 5.94. The van der Waals surface area contributed by atoms with Crippen LogP contribution in [0.25, 0.3) is 0 Å². The molecule has 146 valence electrons. The first-order valence-electron chi connectivity index (χ1n) is 10.0. The van der Waals surface area contributed by atoms with Crippen molar-refractivity contribution in [1.82, 2.24) is 14.8 Å². The van der Waals surface area contributed by atoms with E-state index in [0.717, 1.165) is 24.4 Å². The molecule has 1 amide bonds. The molecule has 0 unspecified atom stereocenters. The molecule has 2 aromatic rings. The molecule has 1 fully saturated rings. The fourth-order valence-electron chi connectivity index (χ4n) is 3.47. The summed E-state index contributed by atoms with van der Waals surface area (Å²) in [5.41, 5.74) is 1.69. The van der Waals surface area contributed by atoms with E-state index in [9.17, 15) is 4.79 Å². The number of aromatic nitrogens is 1. The third-order valence-corrected chi connectivity index (χ3v) is 5.58.